The Morgan fingerprint density at radius 1 is 0.968 bits per heavy atom. The van der Waals surface area contributed by atoms with Gasteiger partial charge in [0.15, 0.2) is 0 Å². The molecule has 31 heavy (non-hydrogen) atoms. The topological polar surface area (TPSA) is 66.5 Å². The van der Waals surface area contributed by atoms with Crippen LogP contribution in [0.5, 0.6) is 0 Å². The molecule has 0 spiro atoms. The number of hydrogen-bond acceptors (Lipinski definition) is 3. The number of rotatable bonds is 5. The molecule has 1 amide bonds. The van der Waals surface area contributed by atoms with Gasteiger partial charge in [-0.15, -0.1) is 0 Å². The largest absolute Gasteiger partial charge is 0.352 e. The molecule has 0 aromatic heterocycles. The summed E-state index contributed by atoms with van der Waals surface area (Å²) in [6.45, 7) is 0.939. The maximum atomic E-state index is 13.1. The number of halogens is 2. The summed E-state index contributed by atoms with van der Waals surface area (Å²) < 4.78 is 27.6. The molecule has 1 fully saturated rings. The summed E-state index contributed by atoms with van der Waals surface area (Å²) in [5.74, 6) is -0.317. The zero-order valence-electron chi connectivity index (χ0n) is 16.7. The molecule has 4 rings (SSSR count). The molecule has 1 aliphatic rings. The van der Waals surface area contributed by atoms with Gasteiger partial charge in [-0.25, -0.2) is 8.42 Å². The molecule has 8 heteroatoms. The van der Waals surface area contributed by atoms with Gasteiger partial charge in [-0.2, -0.15) is 4.31 Å². The number of hydrogen-bond donors (Lipinski definition) is 1. The maximum Gasteiger partial charge on any atom is 0.243 e. The third kappa shape index (κ3) is 4.88. The van der Waals surface area contributed by atoms with Gasteiger partial charge in [0.2, 0.25) is 15.9 Å². The van der Waals surface area contributed by atoms with Crippen LogP contribution in [0.1, 0.15) is 18.4 Å². The third-order valence-electron chi connectivity index (χ3n) is 5.65. The number of carbonyl (C=O) groups excluding carboxylic acids is 1. The van der Waals surface area contributed by atoms with Crippen molar-refractivity contribution in [2.45, 2.75) is 24.3 Å². The van der Waals surface area contributed by atoms with E-state index in [9.17, 15) is 13.2 Å². The van der Waals surface area contributed by atoms with E-state index >= 15 is 0 Å². The molecule has 0 saturated carbocycles. The molecule has 1 aliphatic heterocycles. The number of amides is 1. The van der Waals surface area contributed by atoms with Gasteiger partial charge in [0.25, 0.3) is 0 Å². The normalized spacial score (nSPS) is 15.8. The van der Waals surface area contributed by atoms with Crippen LogP contribution in [0, 0.1) is 5.92 Å². The summed E-state index contributed by atoms with van der Waals surface area (Å²) in [4.78, 5) is 12.9. The molecule has 0 aliphatic carbocycles. The highest BCUT2D eigenvalue weighted by atomic mass is 35.5. The molecule has 0 unspecified atom stereocenters. The molecule has 1 N–H and O–H groups in total. The van der Waals surface area contributed by atoms with Crippen LogP contribution in [0.25, 0.3) is 10.8 Å². The zero-order chi connectivity index (χ0) is 22.0. The fourth-order valence-electron chi connectivity index (χ4n) is 3.83. The minimum absolute atomic E-state index is 0.0891. The Hall–Kier alpha value is -2.12. The van der Waals surface area contributed by atoms with Crippen molar-refractivity contribution in [3.63, 3.8) is 0 Å². The lowest BCUT2D eigenvalue weighted by Gasteiger charge is -2.30. The van der Waals surface area contributed by atoms with Crippen LogP contribution in [0.2, 0.25) is 10.0 Å². The number of carbonyl (C=O) groups is 1. The molecule has 1 heterocycles. The summed E-state index contributed by atoms with van der Waals surface area (Å²) in [6.07, 6.45) is 0.958. The highest BCUT2D eigenvalue weighted by Gasteiger charge is 2.32. The Labute approximate surface area is 192 Å². The Balaban J connectivity index is 1.37. The van der Waals surface area contributed by atoms with Gasteiger partial charge in [-0.05, 0) is 53.4 Å². The first-order valence-electron chi connectivity index (χ1n) is 10.1. The second-order valence-electron chi connectivity index (χ2n) is 7.64. The van der Waals surface area contributed by atoms with Gasteiger partial charge < -0.3 is 5.32 Å². The van der Waals surface area contributed by atoms with E-state index in [0.29, 0.717) is 42.5 Å². The Morgan fingerprint density at radius 3 is 2.39 bits per heavy atom. The SMILES string of the molecule is O=C(NCc1ccc(Cl)cc1Cl)C1CCN(S(=O)(=O)c2ccc3ccccc3c2)CC1. The number of benzene rings is 3. The highest BCUT2D eigenvalue weighted by Crippen LogP contribution is 2.27. The Morgan fingerprint density at radius 2 is 1.68 bits per heavy atom. The molecule has 3 aromatic rings. The lowest BCUT2D eigenvalue weighted by Crippen LogP contribution is -2.42. The first-order chi connectivity index (χ1) is 14.8. The van der Waals surface area contributed by atoms with Crippen LogP contribution in [0.15, 0.2) is 65.6 Å². The first-order valence-corrected chi connectivity index (χ1v) is 12.2. The van der Waals surface area contributed by atoms with Crippen LogP contribution >= 0.6 is 23.2 Å². The van der Waals surface area contributed by atoms with Crippen molar-refractivity contribution in [2.24, 2.45) is 5.92 Å². The van der Waals surface area contributed by atoms with E-state index in [4.69, 9.17) is 23.2 Å². The van der Waals surface area contributed by atoms with Gasteiger partial charge >= 0.3 is 0 Å². The number of sulfonamides is 1. The van der Waals surface area contributed by atoms with Gasteiger partial charge in [0, 0.05) is 35.6 Å². The second kappa shape index (κ2) is 9.17. The minimum atomic E-state index is -3.60. The third-order valence-corrected chi connectivity index (χ3v) is 8.13. The molecule has 1 saturated heterocycles. The fraction of sp³-hybridized carbons (Fsp3) is 0.261. The van der Waals surface area contributed by atoms with Crippen molar-refractivity contribution in [2.75, 3.05) is 13.1 Å². The molecule has 3 aromatic carbocycles. The molecular formula is C23H22Cl2N2O3S. The number of nitrogens with zero attached hydrogens (tertiary/aromatic N) is 1. The summed E-state index contributed by atoms with van der Waals surface area (Å²) in [6, 6.07) is 18.0. The van der Waals surface area contributed by atoms with Crippen LogP contribution < -0.4 is 5.32 Å². The van der Waals surface area contributed by atoms with Crippen LogP contribution in [0.4, 0.5) is 0 Å². The molecular weight excluding hydrogens is 455 g/mol. The second-order valence-corrected chi connectivity index (χ2v) is 10.4. The molecule has 0 bridgehead atoms. The van der Waals surface area contributed by atoms with Crippen molar-refractivity contribution in [1.82, 2.24) is 9.62 Å². The van der Waals surface area contributed by atoms with Crippen LogP contribution in [-0.2, 0) is 21.4 Å². The van der Waals surface area contributed by atoms with Gasteiger partial charge in [-0.1, -0.05) is 59.6 Å². The standard InChI is InChI=1S/C23H22Cl2N2O3S/c24-20-7-5-19(22(25)14-20)15-26-23(28)17-9-11-27(12-10-17)31(29,30)21-8-6-16-3-1-2-4-18(16)13-21/h1-8,13-14,17H,9-12,15H2,(H,26,28). The van der Waals surface area contributed by atoms with Gasteiger partial charge in [0.05, 0.1) is 4.90 Å². The van der Waals surface area contributed by atoms with E-state index in [2.05, 4.69) is 5.32 Å². The van der Waals surface area contributed by atoms with E-state index in [0.717, 1.165) is 16.3 Å². The van der Waals surface area contributed by atoms with E-state index in [1.807, 2.05) is 30.3 Å². The zero-order valence-corrected chi connectivity index (χ0v) is 19.1. The first kappa shape index (κ1) is 22.1. The van der Waals surface area contributed by atoms with Crippen molar-refractivity contribution in [1.29, 1.82) is 0 Å². The van der Waals surface area contributed by atoms with Crippen molar-refractivity contribution in [3.8, 4) is 0 Å². The lowest BCUT2D eigenvalue weighted by atomic mass is 9.97. The average Bonchev–Trinajstić information content (AvgIpc) is 2.78. The summed E-state index contributed by atoms with van der Waals surface area (Å²) in [7, 11) is -3.60. The molecule has 0 radical (unpaired) electrons. The van der Waals surface area contributed by atoms with Crippen molar-refractivity contribution >= 4 is 49.9 Å². The average molecular weight is 477 g/mol. The summed E-state index contributed by atoms with van der Waals surface area (Å²) in [5.41, 5.74) is 0.788. The summed E-state index contributed by atoms with van der Waals surface area (Å²) >= 11 is 12.1. The monoisotopic (exact) mass is 476 g/mol. The lowest BCUT2D eigenvalue weighted by molar-refractivity contribution is -0.126. The quantitative estimate of drug-likeness (QED) is 0.571. The molecule has 5 nitrogen and oxygen atoms in total. The molecule has 0 atom stereocenters. The van der Waals surface area contributed by atoms with Crippen LogP contribution in [-0.4, -0.2) is 31.7 Å². The number of nitrogens with one attached hydrogen (secondary N) is 1. The van der Waals surface area contributed by atoms with Crippen molar-refractivity contribution < 1.29 is 13.2 Å². The van der Waals surface area contributed by atoms with Gasteiger partial charge in [0.1, 0.15) is 0 Å². The fourth-order valence-corrected chi connectivity index (χ4v) is 5.81. The van der Waals surface area contributed by atoms with E-state index in [-0.39, 0.29) is 16.7 Å². The van der Waals surface area contributed by atoms with E-state index in [1.54, 1.807) is 30.3 Å². The molecule has 162 valence electrons. The highest BCUT2D eigenvalue weighted by molar-refractivity contribution is 7.89. The van der Waals surface area contributed by atoms with E-state index < -0.39 is 10.0 Å². The minimum Gasteiger partial charge on any atom is -0.352 e. The van der Waals surface area contributed by atoms with E-state index in [1.165, 1.54) is 4.31 Å². The Kier molecular flexibility index (Phi) is 6.53. The van der Waals surface area contributed by atoms with Crippen LogP contribution in [0.3, 0.4) is 0 Å². The Bertz CT molecular complexity index is 1220. The predicted molar refractivity (Wildman–Crippen MR) is 124 cm³/mol. The summed E-state index contributed by atoms with van der Waals surface area (Å²) in [5, 5.41) is 5.83. The smallest absolute Gasteiger partial charge is 0.243 e. The maximum absolute atomic E-state index is 13.1. The number of piperidine rings is 1. The van der Waals surface area contributed by atoms with Crippen molar-refractivity contribution in [3.05, 3.63) is 76.3 Å². The van der Waals surface area contributed by atoms with Gasteiger partial charge in [-0.3, -0.25) is 4.79 Å². The predicted octanol–water partition coefficient (Wildman–Crippen LogP) is 4.86. The number of fused-ring (bicyclic) bond motifs is 1.